The van der Waals surface area contributed by atoms with Crippen LogP contribution in [0.4, 0.5) is 0 Å². The van der Waals surface area contributed by atoms with Crippen molar-refractivity contribution in [3.05, 3.63) is 70.8 Å². The zero-order valence-electron chi connectivity index (χ0n) is 14.8. The van der Waals surface area contributed by atoms with Crippen LogP contribution in [0.15, 0.2) is 48.1 Å². The number of imidazole rings is 1. The van der Waals surface area contributed by atoms with Crippen molar-refractivity contribution in [3.8, 4) is 17.6 Å². The molecule has 1 aromatic carbocycles. The number of hydrogen-bond donors (Lipinski definition) is 1. The maximum absolute atomic E-state index is 9.65. The van der Waals surface area contributed by atoms with E-state index in [1.165, 1.54) is 0 Å². The van der Waals surface area contributed by atoms with E-state index >= 15 is 0 Å². The number of aromatic nitrogens is 4. The lowest BCUT2D eigenvalue weighted by Gasteiger charge is -2.24. The van der Waals surface area contributed by atoms with Crippen molar-refractivity contribution in [1.82, 2.24) is 19.3 Å². The molecule has 0 amide bonds. The Morgan fingerprint density at radius 1 is 1.23 bits per heavy atom. The standard InChI is InChI=1S/C19H18N6O/c1-11-16-17(15(10-20)18(21)26-19(16)24(3)23-11)13-4-6-14(7-5-13)25-9-8-22-12(25)2/h4-9,17H,21H2,1-3H3. The van der Waals surface area contributed by atoms with Gasteiger partial charge in [0.2, 0.25) is 11.8 Å². The summed E-state index contributed by atoms with van der Waals surface area (Å²) >= 11 is 0. The summed E-state index contributed by atoms with van der Waals surface area (Å²) in [6.07, 6.45) is 3.69. The van der Waals surface area contributed by atoms with Gasteiger partial charge in [-0.2, -0.15) is 10.4 Å². The molecule has 1 unspecified atom stereocenters. The summed E-state index contributed by atoms with van der Waals surface area (Å²) in [7, 11) is 1.80. The number of benzene rings is 1. The Balaban J connectivity index is 1.84. The van der Waals surface area contributed by atoms with E-state index in [0.717, 1.165) is 28.3 Å². The molecule has 0 saturated heterocycles. The first kappa shape index (κ1) is 16.0. The highest BCUT2D eigenvalue weighted by atomic mass is 16.5. The summed E-state index contributed by atoms with van der Waals surface area (Å²) in [6.45, 7) is 3.86. The van der Waals surface area contributed by atoms with Crippen molar-refractivity contribution in [2.24, 2.45) is 12.8 Å². The van der Waals surface area contributed by atoms with Gasteiger partial charge >= 0.3 is 0 Å². The Kier molecular flexibility index (Phi) is 3.55. The second kappa shape index (κ2) is 5.77. The number of nitrogens with zero attached hydrogens (tertiary/aromatic N) is 5. The molecule has 130 valence electrons. The third kappa shape index (κ3) is 2.27. The molecule has 1 aliphatic rings. The third-order valence-corrected chi connectivity index (χ3v) is 4.71. The van der Waals surface area contributed by atoms with Gasteiger partial charge in [-0.05, 0) is 31.5 Å². The molecule has 0 fully saturated rings. The molecule has 0 radical (unpaired) electrons. The van der Waals surface area contributed by atoms with Crippen LogP contribution < -0.4 is 10.5 Å². The number of nitriles is 1. The first-order valence-corrected chi connectivity index (χ1v) is 8.22. The van der Waals surface area contributed by atoms with Crippen LogP contribution in [0.2, 0.25) is 0 Å². The Morgan fingerprint density at radius 3 is 2.58 bits per heavy atom. The topological polar surface area (TPSA) is 94.7 Å². The maximum Gasteiger partial charge on any atom is 0.224 e. The number of rotatable bonds is 2. The fourth-order valence-corrected chi connectivity index (χ4v) is 3.48. The number of hydrogen-bond acceptors (Lipinski definition) is 5. The molecule has 7 heteroatoms. The predicted molar refractivity (Wildman–Crippen MR) is 95.5 cm³/mol. The van der Waals surface area contributed by atoms with Gasteiger partial charge in [-0.3, -0.25) is 0 Å². The molecule has 0 bridgehead atoms. The first-order chi connectivity index (χ1) is 12.5. The van der Waals surface area contributed by atoms with Crippen molar-refractivity contribution in [1.29, 1.82) is 5.26 Å². The Bertz CT molecular complexity index is 1060. The van der Waals surface area contributed by atoms with Crippen molar-refractivity contribution in [2.75, 3.05) is 0 Å². The van der Waals surface area contributed by atoms with Crippen LogP contribution in [0.1, 0.15) is 28.6 Å². The number of nitrogens with two attached hydrogens (primary N) is 1. The fourth-order valence-electron chi connectivity index (χ4n) is 3.48. The molecule has 2 aromatic heterocycles. The molecular weight excluding hydrogens is 328 g/mol. The fraction of sp³-hybridized carbons (Fsp3) is 0.211. The summed E-state index contributed by atoms with van der Waals surface area (Å²) in [5.74, 6) is 1.33. The average Bonchev–Trinajstić information content (AvgIpc) is 3.17. The highest BCUT2D eigenvalue weighted by molar-refractivity contribution is 5.56. The molecule has 26 heavy (non-hydrogen) atoms. The van der Waals surface area contributed by atoms with Gasteiger partial charge in [0, 0.05) is 25.1 Å². The van der Waals surface area contributed by atoms with E-state index in [4.69, 9.17) is 10.5 Å². The van der Waals surface area contributed by atoms with Crippen LogP contribution in [-0.2, 0) is 7.05 Å². The maximum atomic E-state index is 9.65. The first-order valence-electron chi connectivity index (χ1n) is 8.22. The molecule has 1 aliphatic heterocycles. The monoisotopic (exact) mass is 346 g/mol. The normalized spacial score (nSPS) is 16.2. The molecule has 1 atom stereocenters. The van der Waals surface area contributed by atoms with Crippen molar-refractivity contribution >= 4 is 0 Å². The van der Waals surface area contributed by atoms with E-state index in [1.54, 1.807) is 17.9 Å². The van der Waals surface area contributed by atoms with E-state index in [0.29, 0.717) is 11.5 Å². The van der Waals surface area contributed by atoms with E-state index in [-0.39, 0.29) is 11.8 Å². The highest BCUT2D eigenvalue weighted by Crippen LogP contribution is 2.43. The van der Waals surface area contributed by atoms with Gasteiger partial charge in [0.05, 0.1) is 17.2 Å². The average molecular weight is 346 g/mol. The summed E-state index contributed by atoms with van der Waals surface area (Å²) in [5, 5.41) is 14.1. The lowest BCUT2D eigenvalue weighted by atomic mass is 9.84. The lowest BCUT2D eigenvalue weighted by molar-refractivity contribution is 0.358. The number of ether oxygens (including phenoxy) is 1. The smallest absolute Gasteiger partial charge is 0.224 e. The van der Waals surface area contributed by atoms with Crippen LogP contribution in [0.3, 0.4) is 0 Å². The van der Waals surface area contributed by atoms with Crippen molar-refractivity contribution in [3.63, 3.8) is 0 Å². The Hall–Kier alpha value is -3.53. The number of fused-ring (bicyclic) bond motifs is 1. The number of allylic oxidation sites excluding steroid dienone is 1. The summed E-state index contributed by atoms with van der Waals surface area (Å²) in [6, 6.07) is 10.2. The molecule has 2 N–H and O–H groups in total. The molecule has 0 spiro atoms. The SMILES string of the molecule is Cc1nn(C)c2c1C(c1ccc(-n3ccnc3C)cc1)C(C#N)=C(N)O2. The number of aryl methyl sites for hydroxylation is 3. The molecule has 0 saturated carbocycles. The van der Waals surface area contributed by atoms with Crippen molar-refractivity contribution in [2.45, 2.75) is 19.8 Å². The van der Waals surface area contributed by atoms with Crippen LogP contribution in [-0.4, -0.2) is 19.3 Å². The largest absolute Gasteiger partial charge is 0.422 e. The molecule has 3 aromatic rings. The molecular formula is C19H18N6O. The van der Waals surface area contributed by atoms with Crippen molar-refractivity contribution < 1.29 is 4.74 Å². The second-order valence-corrected chi connectivity index (χ2v) is 6.29. The third-order valence-electron chi connectivity index (χ3n) is 4.71. The van der Waals surface area contributed by atoms with Crippen LogP contribution in [0, 0.1) is 25.2 Å². The second-order valence-electron chi connectivity index (χ2n) is 6.29. The van der Waals surface area contributed by atoms with Gasteiger partial charge in [-0.1, -0.05) is 12.1 Å². The zero-order valence-corrected chi connectivity index (χ0v) is 14.8. The van der Waals surface area contributed by atoms with Gasteiger partial charge < -0.3 is 15.0 Å². The van der Waals surface area contributed by atoms with E-state index < -0.39 is 0 Å². The molecule has 3 heterocycles. The minimum absolute atomic E-state index is 0.127. The van der Waals surface area contributed by atoms with E-state index in [2.05, 4.69) is 16.2 Å². The van der Waals surface area contributed by atoms with Gasteiger partial charge in [-0.25, -0.2) is 9.67 Å². The van der Waals surface area contributed by atoms with Gasteiger partial charge in [0.25, 0.3) is 0 Å². The van der Waals surface area contributed by atoms with Gasteiger partial charge in [0.1, 0.15) is 17.5 Å². The Morgan fingerprint density at radius 2 is 1.96 bits per heavy atom. The summed E-state index contributed by atoms with van der Waals surface area (Å²) < 4.78 is 9.32. The molecule has 7 nitrogen and oxygen atoms in total. The molecule has 0 aliphatic carbocycles. The molecule has 4 rings (SSSR count). The highest BCUT2D eigenvalue weighted by Gasteiger charge is 2.35. The Labute approximate surface area is 150 Å². The summed E-state index contributed by atoms with van der Waals surface area (Å²) in [5.41, 5.74) is 10.1. The minimum Gasteiger partial charge on any atom is -0.422 e. The van der Waals surface area contributed by atoms with Gasteiger partial charge in [-0.15, -0.1) is 0 Å². The predicted octanol–water partition coefficient (Wildman–Crippen LogP) is 2.44. The van der Waals surface area contributed by atoms with Crippen LogP contribution in [0.5, 0.6) is 5.88 Å². The van der Waals surface area contributed by atoms with E-state index in [9.17, 15) is 5.26 Å². The quantitative estimate of drug-likeness (QED) is 0.769. The zero-order chi connectivity index (χ0) is 18.4. The minimum atomic E-state index is -0.296. The van der Waals surface area contributed by atoms with Gasteiger partial charge in [0.15, 0.2) is 0 Å². The summed E-state index contributed by atoms with van der Waals surface area (Å²) in [4.78, 5) is 4.25. The lowest BCUT2D eigenvalue weighted by Crippen LogP contribution is -2.21. The van der Waals surface area contributed by atoms with E-state index in [1.807, 2.05) is 48.9 Å². The van der Waals surface area contributed by atoms with Crippen LogP contribution >= 0.6 is 0 Å². The van der Waals surface area contributed by atoms with Crippen LogP contribution in [0.25, 0.3) is 5.69 Å².